The third-order valence-electron chi connectivity index (χ3n) is 3.50. The lowest BCUT2D eigenvalue weighted by Gasteiger charge is -2.40. The molecular formula is C13H18N4O4. The van der Waals surface area contributed by atoms with Crippen molar-refractivity contribution in [1.82, 2.24) is 15.2 Å². The van der Waals surface area contributed by atoms with Gasteiger partial charge in [-0.05, 0) is 26.8 Å². The monoisotopic (exact) mass is 294 g/mol. The number of carboxylic acid groups (broad SMARTS) is 1. The molecule has 1 fully saturated rings. The predicted octanol–water partition coefficient (Wildman–Crippen LogP) is 0.764. The number of carboxylic acids is 1. The summed E-state index contributed by atoms with van der Waals surface area (Å²) in [4.78, 5) is 39.3. The Labute approximate surface area is 121 Å². The minimum atomic E-state index is -1.16. The Bertz CT molecular complexity index is 605. The summed E-state index contributed by atoms with van der Waals surface area (Å²) >= 11 is 0. The molecule has 4 N–H and O–H groups in total. The number of hydrogen-bond acceptors (Lipinski definition) is 3. The van der Waals surface area contributed by atoms with Crippen molar-refractivity contribution < 1.29 is 19.5 Å². The lowest BCUT2D eigenvalue weighted by Crippen LogP contribution is -2.64. The van der Waals surface area contributed by atoms with Gasteiger partial charge in [0.1, 0.15) is 11.2 Å². The zero-order valence-corrected chi connectivity index (χ0v) is 12.1. The Morgan fingerprint density at radius 1 is 1.43 bits per heavy atom. The Hall–Kier alpha value is -2.51. The van der Waals surface area contributed by atoms with Crippen LogP contribution < -0.4 is 10.6 Å². The van der Waals surface area contributed by atoms with Gasteiger partial charge in [0, 0.05) is 18.8 Å². The van der Waals surface area contributed by atoms with E-state index < -0.39 is 17.5 Å². The van der Waals surface area contributed by atoms with Crippen LogP contribution in [0, 0.1) is 6.92 Å². The Balaban J connectivity index is 2.22. The van der Waals surface area contributed by atoms with E-state index in [9.17, 15) is 14.4 Å². The van der Waals surface area contributed by atoms with E-state index in [1.807, 2.05) is 0 Å². The number of amides is 3. The normalized spacial score (nSPS) is 17.3. The number of nitrogens with zero attached hydrogens (tertiary/aromatic N) is 1. The van der Waals surface area contributed by atoms with Crippen LogP contribution >= 0.6 is 0 Å². The number of anilines is 1. The summed E-state index contributed by atoms with van der Waals surface area (Å²) in [6.45, 7) is 5.70. The zero-order valence-electron chi connectivity index (χ0n) is 12.1. The van der Waals surface area contributed by atoms with Gasteiger partial charge >= 0.3 is 12.0 Å². The molecule has 8 heteroatoms. The Morgan fingerprint density at radius 2 is 2.10 bits per heavy atom. The largest absolute Gasteiger partial charge is 0.477 e. The van der Waals surface area contributed by atoms with Crippen molar-refractivity contribution in [1.29, 1.82) is 0 Å². The van der Waals surface area contributed by atoms with Crippen LogP contribution in [0.3, 0.4) is 0 Å². The molecular weight excluding hydrogens is 276 g/mol. The lowest BCUT2D eigenvalue weighted by atomic mass is 9.99. The van der Waals surface area contributed by atoms with Crippen LogP contribution in [0.4, 0.5) is 10.5 Å². The molecule has 0 aromatic carbocycles. The first-order valence-electron chi connectivity index (χ1n) is 6.53. The summed E-state index contributed by atoms with van der Waals surface area (Å²) in [7, 11) is 0. The van der Waals surface area contributed by atoms with E-state index in [-0.39, 0.29) is 17.3 Å². The second-order valence-corrected chi connectivity index (χ2v) is 5.44. The molecule has 0 aliphatic carbocycles. The van der Waals surface area contributed by atoms with Crippen LogP contribution in [0.25, 0.3) is 0 Å². The molecule has 0 unspecified atom stereocenters. The van der Waals surface area contributed by atoms with Crippen LogP contribution in [-0.2, 0) is 4.79 Å². The first-order chi connectivity index (χ1) is 9.73. The van der Waals surface area contributed by atoms with Gasteiger partial charge in [0.05, 0.1) is 5.69 Å². The first-order valence-corrected chi connectivity index (χ1v) is 6.53. The maximum Gasteiger partial charge on any atom is 0.354 e. The maximum absolute atomic E-state index is 12.3. The van der Waals surface area contributed by atoms with Gasteiger partial charge in [-0.1, -0.05) is 0 Å². The van der Waals surface area contributed by atoms with Gasteiger partial charge in [-0.2, -0.15) is 0 Å². The molecule has 2 heterocycles. The van der Waals surface area contributed by atoms with Crippen LogP contribution in [0.1, 0.15) is 30.0 Å². The van der Waals surface area contributed by atoms with Gasteiger partial charge in [-0.15, -0.1) is 0 Å². The molecule has 21 heavy (non-hydrogen) atoms. The van der Waals surface area contributed by atoms with Gasteiger partial charge < -0.3 is 25.6 Å². The number of carbonyl (C=O) groups is 3. The fourth-order valence-electron chi connectivity index (χ4n) is 2.29. The molecule has 0 saturated carbocycles. The quantitative estimate of drug-likeness (QED) is 0.644. The summed E-state index contributed by atoms with van der Waals surface area (Å²) in [5.74, 6) is -1.40. The van der Waals surface area contributed by atoms with Crippen molar-refractivity contribution in [2.24, 2.45) is 0 Å². The van der Waals surface area contributed by atoms with Gasteiger partial charge in [0.25, 0.3) is 0 Å². The first kappa shape index (κ1) is 14.9. The summed E-state index contributed by atoms with van der Waals surface area (Å²) in [6.07, 6.45) is 0. The van der Waals surface area contributed by atoms with Crippen LogP contribution in [0.2, 0.25) is 0 Å². The number of urea groups is 1. The molecule has 114 valence electrons. The fraction of sp³-hybridized carbons (Fsp3) is 0.462. The van der Waals surface area contributed by atoms with Crippen molar-refractivity contribution in [2.45, 2.75) is 26.3 Å². The van der Waals surface area contributed by atoms with Gasteiger partial charge in [-0.25, -0.2) is 9.59 Å². The standard InChI is InChI=1S/C13H18N4O4/c1-7-6-8(9(15-7)10(18)19)16-12(21)17-5-4-14-11(20)13(17,2)3/h6,15H,4-5H2,1-3H3,(H,14,20)(H,16,21)(H,18,19). The second kappa shape index (κ2) is 5.12. The second-order valence-electron chi connectivity index (χ2n) is 5.44. The number of aromatic nitrogens is 1. The highest BCUT2D eigenvalue weighted by molar-refractivity contribution is 6.01. The number of H-pyrrole nitrogens is 1. The van der Waals surface area contributed by atoms with Crippen molar-refractivity contribution in [3.63, 3.8) is 0 Å². The minimum Gasteiger partial charge on any atom is -0.477 e. The molecule has 1 aromatic heterocycles. The SMILES string of the molecule is Cc1cc(NC(=O)N2CCNC(=O)C2(C)C)c(C(=O)O)[nH]1. The molecule has 1 saturated heterocycles. The van der Waals surface area contributed by atoms with E-state index in [2.05, 4.69) is 15.6 Å². The number of piperazine rings is 1. The summed E-state index contributed by atoms with van der Waals surface area (Å²) in [6, 6.07) is 1.04. The number of rotatable bonds is 2. The minimum absolute atomic E-state index is 0.0832. The molecule has 0 bridgehead atoms. The summed E-state index contributed by atoms with van der Waals surface area (Å²) in [5, 5.41) is 14.3. The van der Waals surface area contributed by atoms with Crippen LogP contribution in [0.5, 0.6) is 0 Å². The number of aromatic amines is 1. The van der Waals surface area contributed by atoms with Crippen molar-refractivity contribution in [3.05, 3.63) is 17.5 Å². The number of carbonyl (C=O) groups excluding carboxylic acids is 2. The molecule has 0 radical (unpaired) electrons. The Morgan fingerprint density at radius 3 is 2.71 bits per heavy atom. The third kappa shape index (κ3) is 2.69. The highest BCUT2D eigenvalue weighted by atomic mass is 16.4. The molecule has 1 aliphatic rings. The van der Waals surface area contributed by atoms with E-state index in [0.29, 0.717) is 18.8 Å². The predicted molar refractivity (Wildman–Crippen MR) is 75.3 cm³/mol. The topological polar surface area (TPSA) is 115 Å². The van der Waals surface area contributed by atoms with Crippen molar-refractivity contribution in [2.75, 3.05) is 18.4 Å². The van der Waals surface area contributed by atoms with Gasteiger partial charge in [0.2, 0.25) is 5.91 Å². The van der Waals surface area contributed by atoms with E-state index in [4.69, 9.17) is 5.11 Å². The number of hydrogen-bond donors (Lipinski definition) is 4. The van der Waals surface area contributed by atoms with Gasteiger partial charge in [-0.3, -0.25) is 4.79 Å². The molecule has 2 rings (SSSR count). The lowest BCUT2D eigenvalue weighted by molar-refractivity contribution is -0.132. The summed E-state index contributed by atoms with van der Waals surface area (Å²) < 4.78 is 0. The average Bonchev–Trinajstić information content (AvgIpc) is 2.73. The number of nitrogens with one attached hydrogen (secondary N) is 3. The smallest absolute Gasteiger partial charge is 0.354 e. The summed E-state index contributed by atoms with van der Waals surface area (Å²) in [5.41, 5.74) is -0.262. The van der Waals surface area contributed by atoms with Crippen LogP contribution in [-0.4, -0.2) is 51.5 Å². The van der Waals surface area contributed by atoms with Crippen molar-refractivity contribution >= 4 is 23.6 Å². The van der Waals surface area contributed by atoms with E-state index in [0.717, 1.165) is 0 Å². The highest BCUT2D eigenvalue weighted by Gasteiger charge is 2.40. The fourth-order valence-corrected chi connectivity index (χ4v) is 2.29. The molecule has 1 aliphatic heterocycles. The number of aromatic carboxylic acids is 1. The van der Waals surface area contributed by atoms with Crippen molar-refractivity contribution in [3.8, 4) is 0 Å². The van der Waals surface area contributed by atoms with Gasteiger partial charge in [0.15, 0.2) is 0 Å². The molecule has 3 amide bonds. The zero-order chi connectivity index (χ0) is 15.8. The molecule has 1 aromatic rings. The van der Waals surface area contributed by atoms with E-state index in [1.54, 1.807) is 26.8 Å². The van der Waals surface area contributed by atoms with E-state index in [1.165, 1.54) is 4.90 Å². The maximum atomic E-state index is 12.3. The average molecular weight is 294 g/mol. The Kier molecular flexibility index (Phi) is 3.63. The molecule has 8 nitrogen and oxygen atoms in total. The molecule has 0 spiro atoms. The number of aryl methyl sites for hydroxylation is 1. The van der Waals surface area contributed by atoms with Crippen LogP contribution in [0.15, 0.2) is 6.07 Å². The van der Waals surface area contributed by atoms with E-state index >= 15 is 0 Å². The third-order valence-corrected chi connectivity index (χ3v) is 3.50. The highest BCUT2D eigenvalue weighted by Crippen LogP contribution is 2.22. The molecule has 0 atom stereocenters.